The molecular formula is C21H24N2. The Labute approximate surface area is 138 Å². The van der Waals surface area contributed by atoms with E-state index in [2.05, 4.69) is 71.5 Å². The highest BCUT2D eigenvalue weighted by molar-refractivity contribution is 5.83. The first kappa shape index (κ1) is 14.5. The number of rotatable bonds is 4. The van der Waals surface area contributed by atoms with Gasteiger partial charge in [-0.2, -0.15) is 0 Å². The van der Waals surface area contributed by atoms with Crippen LogP contribution in [0.1, 0.15) is 23.1 Å². The van der Waals surface area contributed by atoms with Gasteiger partial charge in [0.2, 0.25) is 0 Å². The quantitative estimate of drug-likeness (QED) is 0.749. The molecule has 1 N–H and O–H groups in total. The summed E-state index contributed by atoms with van der Waals surface area (Å²) in [5.41, 5.74) is 5.52. The molecule has 1 unspecified atom stereocenters. The van der Waals surface area contributed by atoms with E-state index in [9.17, 15) is 0 Å². The average Bonchev–Trinajstić information content (AvgIpc) is 3.16. The molecule has 23 heavy (non-hydrogen) atoms. The van der Waals surface area contributed by atoms with Crippen LogP contribution in [0.25, 0.3) is 10.9 Å². The van der Waals surface area contributed by atoms with Crippen molar-refractivity contribution in [1.29, 1.82) is 0 Å². The van der Waals surface area contributed by atoms with Gasteiger partial charge in [-0.1, -0.05) is 42.0 Å². The minimum Gasteiger partial charge on any atom is -0.361 e. The highest BCUT2D eigenvalue weighted by Gasteiger charge is 2.23. The van der Waals surface area contributed by atoms with E-state index >= 15 is 0 Å². The molecule has 0 radical (unpaired) electrons. The summed E-state index contributed by atoms with van der Waals surface area (Å²) in [6.45, 7) is 5.70. The fourth-order valence-corrected chi connectivity index (χ4v) is 3.84. The van der Waals surface area contributed by atoms with Crippen molar-refractivity contribution in [1.82, 2.24) is 9.88 Å². The minimum atomic E-state index is 0.776. The maximum absolute atomic E-state index is 3.43. The van der Waals surface area contributed by atoms with Crippen molar-refractivity contribution in [3.63, 3.8) is 0 Å². The lowest BCUT2D eigenvalue weighted by Crippen LogP contribution is -2.20. The van der Waals surface area contributed by atoms with Crippen LogP contribution in [0.4, 0.5) is 0 Å². The number of aryl methyl sites for hydroxylation is 1. The van der Waals surface area contributed by atoms with Gasteiger partial charge in [-0.05, 0) is 55.5 Å². The molecule has 1 aromatic heterocycles. The van der Waals surface area contributed by atoms with E-state index in [1.54, 1.807) is 0 Å². The Bertz CT molecular complexity index is 788. The smallest absolute Gasteiger partial charge is 0.0456 e. The maximum Gasteiger partial charge on any atom is 0.0456 e. The molecule has 3 aromatic rings. The van der Waals surface area contributed by atoms with Crippen LogP contribution in [-0.4, -0.2) is 23.0 Å². The molecule has 1 atom stereocenters. The summed E-state index contributed by atoms with van der Waals surface area (Å²) in [7, 11) is 0. The molecule has 0 spiro atoms. The first-order valence-corrected chi connectivity index (χ1v) is 8.61. The zero-order valence-corrected chi connectivity index (χ0v) is 13.8. The van der Waals surface area contributed by atoms with Gasteiger partial charge in [-0.3, -0.25) is 4.90 Å². The van der Waals surface area contributed by atoms with E-state index in [1.807, 2.05) is 0 Å². The van der Waals surface area contributed by atoms with E-state index in [0.717, 1.165) is 12.5 Å². The van der Waals surface area contributed by atoms with Crippen LogP contribution >= 0.6 is 0 Å². The number of benzene rings is 2. The van der Waals surface area contributed by atoms with E-state index < -0.39 is 0 Å². The molecule has 4 rings (SSSR count). The Morgan fingerprint density at radius 1 is 1.13 bits per heavy atom. The molecule has 1 saturated heterocycles. The monoisotopic (exact) mass is 304 g/mol. The number of aromatic amines is 1. The highest BCUT2D eigenvalue weighted by Crippen LogP contribution is 2.27. The molecule has 2 heterocycles. The Morgan fingerprint density at radius 2 is 2.00 bits per heavy atom. The molecule has 118 valence electrons. The number of hydrogen-bond donors (Lipinski definition) is 1. The third-order valence-electron chi connectivity index (χ3n) is 5.05. The van der Waals surface area contributed by atoms with Gasteiger partial charge in [0.15, 0.2) is 0 Å². The summed E-state index contributed by atoms with van der Waals surface area (Å²) in [4.78, 5) is 6.02. The zero-order valence-electron chi connectivity index (χ0n) is 13.8. The van der Waals surface area contributed by atoms with Crippen LogP contribution in [0.5, 0.6) is 0 Å². The Hall–Kier alpha value is -2.06. The van der Waals surface area contributed by atoms with Crippen molar-refractivity contribution in [2.24, 2.45) is 5.92 Å². The Balaban J connectivity index is 1.43. The largest absolute Gasteiger partial charge is 0.361 e. The summed E-state index contributed by atoms with van der Waals surface area (Å²) in [5, 5.41) is 1.41. The topological polar surface area (TPSA) is 19.0 Å². The molecule has 1 aliphatic heterocycles. The summed E-state index contributed by atoms with van der Waals surface area (Å²) in [5.74, 6) is 0.776. The first-order valence-electron chi connectivity index (χ1n) is 8.61. The summed E-state index contributed by atoms with van der Waals surface area (Å²) < 4.78 is 0. The van der Waals surface area contributed by atoms with E-state index in [1.165, 1.54) is 53.5 Å². The van der Waals surface area contributed by atoms with Crippen LogP contribution in [-0.2, 0) is 13.0 Å². The highest BCUT2D eigenvalue weighted by atomic mass is 15.1. The third kappa shape index (κ3) is 3.18. The van der Waals surface area contributed by atoms with Crippen molar-refractivity contribution in [2.75, 3.05) is 13.1 Å². The van der Waals surface area contributed by atoms with Gasteiger partial charge < -0.3 is 4.98 Å². The number of likely N-dealkylation sites (tertiary alicyclic amines) is 1. The fraction of sp³-hybridized carbons (Fsp3) is 0.333. The van der Waals surface area contributed by atoms with E-state index in [0.29, 0.717) is 0 Å². The third-order valence-corrected chi connectivity index (χ3v) is 5.05. The van der Waals surface area contributed by atoms with Crippen LogP contribution in [0.3, 0.4) is 0 Å². The van der Waals surface area contributed by atoms with Gasteiger partial charge in [0.05, 0.1) is 0 Å². The van der Waals surface area contributed by atoms with Gasteiger partial charge in [0.25, 0.3) is 0 Å². The second kappa shape index (κ2) is 6.21. The SMILES string of the molecule is Cc1ccc2[nH]cc(CC3CCN(Cc4ccccc4)C3)c2c1. The van der Waals surface area contributed by atoms with Crippen LogP contribution in [0, 0.1) is 12.8 Å². The molecule has 1 aliphatic rings. The second-order valence-electron chi connectivity index (χ2n) is 6.94. The molecule has 0 bridgehead atoms. The zero-order chi connectivity index (χ0) is 15.6. The predicted octanol–water partition coefficient (Wildman–Crippen LogP) is 4.54. The van der Waals surface area contributed by atoms with Crippen molar-refractivity contribution < 1.29 is 0 Å². The minimum absolute atomic E-state index is 0.776. The lowest BCUT2D eigenvalue weighted by Gasteiger charge is -2.16. The van der Waals surface area contributed by atoms with Crippen LogP contribution < -0.4 is 0 Å². The van der Waals surface area contributed by atoms with Gasteiger partial charge in [0, 0.05) is 30.2 Å². The molecule has 0 saturated carbocycles. The van der Waals surface area contributed by atoms with Gasteiger partial charge >= 0.3 is 0 Å². The average molecular weight is 304 g/mol. The fourth-order valence-electron chi connectivity index (χ4n) is 3.84. The predicted molar refractivity (Wildman–Crippen MR) is 96.6 cm³/mol. The molecule has 0 aliphatic carbocycles. The number of fused-ring (bicyclic) bond motifs is 1. The number of aromatic nitrogens is 1. The Kier molecular flexibility index (Phi) is 3.92. The molecule has 0 amide bonds. The Morgan fingerprint density at radius 3 is 2.87 bits per heavy atom. The summed E-state index contributed by atoms with van der Waals surface area (Å²) >= 11 is 0. The van der Waals surface area contributed by atoms with Crippen molar-refractivity contribution in [3.8, 4) is 0 Å². The summed E-state index contributed by atoms with van der Waals surface area (Å²) in [6.07, 6.45) is 4.71. The number of hydrogen-bond acceptors (Lipinski definition) is 1. The van der Waals surface area contributed by atoms with Crippen molar-refractivity contribution in [3.05, 3.63) is 71.4 Å². The normalized spacial score (nSPS) is 18.7. The van der Waals surface area contributed by atoms with Crippen LogP contribution in [0.15, 0.2) is 54.7 Å². The number of nitrogens with one attached hydrogen (secondary N) is 1. The van der Waals surface area contributed by atoms with Crippen molar-refractivity contribution in [2.45, 2.75) is 26.3 Å². The van der Waals surface area contributed by atoms with Crippen molar-refractivity contribution >= 4 is 10.9 Å². The molecule has 1 fully saturated rings. The maximum atomic E-state index is 3.43. The summed E-state index contributed by atoms with van der Waals surface area (Å²) in [6, 6.07) is 17.5. The van der Waals surface area contributed by atoms with Gasteiger partial charge in [-0.25, -0.2) is 0 Å². The standard InChI is InChI=1S/C21H24N2/c1-16-7-8-21-20(11-16)19(13-22-21)12-18-9-10-23(15-18)14-17-5-3-2-4-6-17/h2-8,11,13,18,22H,9-10,12,14-15H2,1H3. The lowest BCUT2D eigenvalue weighted by atomic mass is 9.98. The first-order chi connectivity index (χ1) is 11.3. The lowest BCUT2D eigenvalue weighted by molar-refractivity contribution is 0.316. The van der Waals surface area contributed by atoms with Crippen LogP contribution in [0.2, 0.25) is 0 Å². The van der Waals surface area contributed by atoms with Gasteiger partial charge in [0.1, 0.15) is 0 Å². The van der Waals surface area contributed by atoms with E-state index in [-0.39, 0.29) is 0 Å². The number of nitrogens with zero attached hydrogens (tertiary/aromatic N) is 1. The number of H-pyrrole nitrogens is 1. The molecule has 2 nitrogen and oxygen atoms in total. The van der Waals surface area contributed by atoms with E-state index in [4.69, 9.17) is 0 Å². The second-order valence-corrected chi connectivity index (χ2v) is 6.94. The molecular weight excluding hydrogens is 280 g/mol. The van der Waals surface area contributed by atoms with Gasteiger partial charge in [-0.15, -0.1) is 0 Å². The molecule has 2 heteroatoms. The molecule has 2 aromatic carbocycles.